The molecule has 0 spiro atoms. The molecule has 1 unspecified atom stereocenters. The number of nitrogens with one attached hydrogen (secondary N) is 1. The van der Waals surface area contributed by atoms with Gasteiger partial charge in [-0.2, -0.15) is 5.10 Å². The third kappa shape index (κ3) is 5.06. The summed E-state index contributed by atoms with van der Waals surface area (Å²) in [4.78, 5) is 12.4. The van der Waals surface area contributed by atoms with Gasteiger partial charge < -0.3 is 14.8 Å². The average Bonchev–Trinajstić information content (AvgIpc) is 3.26. The van der Waals surface area contributed by atoms with E-state index in [0.29, 0.717) is 36.1 Å². The van der Waals surface area contributed by atoms with Crippen LogP contribution in [-0.2, 0) is 11.3 Å². The van der Waals surface area contributed by atoms with E-state index in [1.165, 1.54) is 0 Å². The van der Waals surface area contributed by atoms with Gasteiger partial charge in [-0.05, 0) is 37.0 Å². The number of benzene rings is 1. The van der Waals surface area contributed by atoms with Crippen LogP contribution in [0.25, 0.3) is 0 Å². The fraction of sp³-hybridized carbons (Fsp3) is 0.474. The summed E-state index contributed by atoms with van der Waals surface area (Å²) in [5.41, 5.74) is 1.24. The molecule has 2 heterocycles. The zero-order chi connectivity index (χ0) is 17.6. The van der Waals surface area contributed by atoms with Crippen LogP contribution in [-0.4, -0.2) is 35.0 Å². The molecule has 1 amide bonds. The maximum atomic E-state index is 12.4. The van der Waals surface area contributed by atoms with Gasteiger partial charge in [0.15, 0.2) is 0 Å². The highest BCUT2D eigenvalue weighted by Crippen LogP contribution is 2.17. The van der Waals surface area contributed by atoms with Gasteiger partial charge >= 0.3 is 0 Å². The number of rotatable bonds is 7. The molecule has 6 heteroatoms. The molecule has 1 saturated heterocycles. The number of nitrogens with zero attached hydrogens (tertiary/aromatic N) is 2. The van der Waals surface area contributed by atoms with Crippen molar-refractivity contribution in [3.63, 3.8) is 0 Å². The second kappa shape index (κ2) is 8.16. The molecule has 3 rings (SSSR count). The Morgan fingerprint density at radius 2 is 2.36 bits per heavy atom. The molecule has 0 radical (unpaired) electrons. The van der Waals surface area contributed by atoms with Crippen molar-refractivity contribution in [1.29, 1.82) is 0 Å². The predicted octanol–water partition coefficient (Wildman–Crippen LogP) is 3.35. The lowest BCUT2D eigenvalue weighted by atomic mass is 10.2. The Morgan fingerprint density at radius 1 is 1.48 bits per heavy atom. The Kier molecular flexibility index (Phi) is 5.71. The molecule has 1 N–H and O–H groups in total. The number of anilines is 1. The van der Waals surface area contributed by atoms with Crippen LogP contribution in [0.5, 0.6) is 5.75 Å². The van der Waals surface area contributed by atoms with Crippen LogP contribution in [0, 0.1) is 5.92 Å². The molecule has 1 aromatic carbocycles. The number of aromatic nitrogens is 2. The molecule has 1 fully saturated rings. The first-order chi connectivity index (χ1) is 12.1. The van der Waals surface area contributed by atoms with E-state index in [1.807, 2.05) is 23.0 Å². The maximum absolute atomic E-state index is 12.4. The first-order valence-corrected chi connectivity index (χ1v) is 8.78. The Balaban J connectivity index is 1.58. The highest BCUT2D eigenvalue weighted by atomic mass is 16.5. The molecule has 134 valence electrons. The Bertz CT molecular complexity index is 705. The highest BCUT2D eigenvalue weighted by Gasteiger charge is 2.16. The van der Waals surface area contributed by atoms with Crippen molar-refractivity contribution in [3.8, 4) is 5.75 Å². The summed E-state index contributed by atoms with van der Waals surface area (Å²) >= 11 is 0. The fourth-order valence-corrected chi connectivity index (χ4v) is 2.72. The summed E-state index contributed by atoms with van der Waals surface area (Å²) in [6, 6.07) is 7.22. The minimum atomic E-state index is -0.174. The Labute approximate surface area is 148 Å². The van der Waals surface area contributed by atoms with Crippen LogP contribution >= 0.6 is 0 Å². The maximum Gasteiger partial charge on any atom is 0.255 e. The summed E-state index contributed by atoms with van der Waals surface area (Å²) < 4.78 is 13.1. The predicted molar refractivity (Wildman–Crippen MR) is 95.9 cm³/mol. The van der Waals surface area contributed by atoms with Crippen molar-refractivity contribution in [2.45, 2.75) is 39.3 Å². The number of hydrogen-bond acceptors (Lipinski definition) is 4. The van der Waals surface area contributed by atoms with Gasteiger partial charge in [-0.3, -0.25) is 9.48 Å². The van der Waals surface area contributed by atoms with Crippen molar-refractivity contribution in [3.05, 3.63) is 42.2 Å². The summed E-state index contributed by atoms with van der Waals surface area (Å²) in [6.45, 7) is 6.34. The number of amides is 1. The summed E-state index contributed by atoms with van der Waals surface area (Å²) in [5.74, 6) is 0.967. The first-order valence-electron chi connectivity index (χ1n) is 8.78. The van der Waals surface area contributed by atoms with Crippen LogP contribution < -0.4 is 10.1 Å². The Hall–Kier alpha value is -2.34. The fourth-order valence-electron chi connectivity index (χ4n) is 2.72. The van der Waals surface area contributed by atoms with Crippen molar-refractivity contribution < 1.29 is 14.3 Å². The zero-order valence-electron chi connectivity index (χ0n) is 14.8. The second-order valence-electron chi connectivity index (χ2n) is 6.77. The summed E-state index contributed by atoms with van der Waals surface area (Å²) in [7, 11) is 0. The van der Waals surface area contributed by atoms with E-state index >= 15 is 0 Å². The van der Waals surface area contributed by atoms with Crippen LogP contribution in [0.2, 0.25) is 0 Å². The van der Waals surface area contributed by atoms with Crippen LogP contribution in [0.4, 0.5) is 5.69 Å². The normalized spacial score (nSPS) is 17.0. The number of carbonyl (C=O) groups excluding carboxylic acids is 1. The third-order valence-corrected chi connectivity index (χ3v) is 3.99. The van der Waals surface area contributed by atoms with Crippen LogP contribution in [0.15, 0.2) is 36.7 Å². The van der Waals surface area contributed by atoms with E-state index in [0.717, 1.165) is 19.4 Å². The topological polar surface area (TPSA) is 65.4 Å². The molecule has 0 saturated carbocycles. The number of hydrogen-bond donors (Lipinski definition) is 1. The van der Waals surface area contributed by atoms with Gasteiger partial charge in [-0.15, -0.1) is 0 Å². The largest absolute Gasteiger partial charge is 0.493 e. The van der Waals surface area contributed by atoms with Crippen molar-refractivity contribution in [2.24, 2.45) is 5.92 Å². The van der Waals surface area contributed by atoms with Gasteiger partial charge in [-0.25, -0.2) is 0 Å². The summed E-state index contributed by atoms with van der Waals surface area (Å²) in [6.07, 6.45) is 5.87. The lowest BCUT2D eigenvalue weighted by molar-refractivity contribution is 0.0940. The molecule has 1 aliphatic rings. The number of carbonyl (C=O) groups is 1. The standard InChI is InChI=1S/C19H25N3O3/c1-14(2)13-25-17-6-3-5-15(9-17)19(23)21-16-10-20-22(11-16)12-18-7-4-8-24-18/h3,5-6,9-11,14,18H,4,7-8,12-13H2,1-2H3,(H,21,23). The van der Waals surface area contributed by atoms with Crippen molar-refractivity contribution in [2.75, 3.05) is 18.5 Å². The van der Waals surface area contributed by atoms with Gasteiger partial charge in [-0.1, -0.05) is 19.9 Å². The van der Waals surface area contributed by atoms with Gasteiger partial charge in [0, 0.05) is 18.4 Å². The molecule has 0 bridgehead atoms. The summed E-state index contributed by atoms with van der Waals surface area (Å²) in [5, 5.41) is 7.17. The van der Waals surface area contributed by atoms with Crippen LogP contribution in [0.3, 0.4) is 0 Å². The SMILES string of the molecule is CC(C)COc1cccc(C(=O)Nc2cnn(CC3CCCO3)c2)c1. The van der Waals surface area contributed by atoms with Gasteiger partial charge in [0.2, 0.25) is 0 Å². The number of ether oxygens (including phenoxy) is 2. The average molecular weight is 343 g/mol. The van der Waals surface area contributed by atoms with Crippen molar-refractivity contribution >= 4 is 11.6 Å². The molecule has 25 heavy (non-hydrogen) atoms. The molecule has 0 aliphatic carbocycles. The quantitative estimate of drug-likeness (QED) is 0.837. The van der Waals surface area contributed by atoms with E-state index in [4.69, 9.17) is 9.47 Å². The van der Waals surface area contributed by atoms with Gasteiger partial charge in [0.1, 0.15) is 5.75 Å². The molecule has 1 atom stereocenters. The smallest absolute Gasteiger partial charge is 0.255 e. The molecule has 1 aliphatic heterocycles. The molecule has 6 nitrogen and oxygen atoms in total. The minimum absolute atomic E-state index is 0.174. The van der Waals surface area contributed by atoms with E-state index in [9.17, 15) is 4.79 Å². The van der Waals surface area contributed by atoms with E-state index in [-0.39, 0.29) is 12.0 Å². The lowest BCUT2D eigenvalue weighted by Crippen LogP contribution is -2.15. The monoisotopic (exact) mass is 343 g/mol. The lowest BCUT2D eigenvalue weighted by Gasteiger charge is -2.10. The van der Waals surface area contributed by atoms with Crippen LogP contribution in [0.1, 0.15) is 37.0 Å². The van der Waals surface area contributed by atoms with Gasteiger partial charge in [0.05, 0.1) is 31.1 Å². The third-order valence-electron chi connectivity index (χ3n) is 3.99. The minimum Gasteiger partial charge on any atom is -0.493 e. The Morgan fingerprint density at radius 3 is 3.12 bits per heavy atom. The molecule has 2 aromatic rings. The van der Waals surface area contributed by atoms with E-state index in [2.05, 4.69) is 24.3 Å². The molecular weight excluding hydrogens is 318 g/mol. The zero-order valence-corrected chi connectivity index (χ0v) is 14.8. The van der Waals surface area contributed by atoms with E-state index < -0.39 is 0 Å². The van der Waals surface area contributed by atoms with Crippen molar-refractivity contribution in [1.82, 2.24) is 9.78 Å². The molecule has 1 aromatic heterocycles. The first kappa shape index (κ1) is 17.5. The molecular formula is C19H25N3O3. The van der Waals surface area contributed by atoms with E-state index in [1.54, 1.807) is 18.3 Å². The van der Waals surface area contributed by atoms with Gasteiger partial charge in [0.25, 0.3) is 5.91 Å². The second-order valence-corrected chi connectivity index (χ2v) is 6.77. The highest BCUT2D eigenvalue weighted by molar-refractivity contribution is 6.04.